The highest BCUT2D eigenvalue weighted by Crippen LogP contribution is 2.32. The smallest absolute Gasteiger partial charge is 0.0468 e. The first-order valence-electron chi connectivity index (χ1n) is 7.81. The van der Waals surface area contributed by atoms with Gasteiger partial charge in [-0.3, -0.25) is 0 Å². The molecular formula is C19H23NO. The Bertz CT molecular complexity index is 544. The highest BCUT2D eigenvalue weighted by Gasteiger charge is 2.24. The molecule has 0 amide bonds. The molecule has 1 saturated heterocycles. The Morgan fingerprint density at radius 2 is 1.52 bits per heavy atom. The summed E-state index contributed by atoms with van der Waals surface area (Å²) in [6, 6.07) is 19.4. The summed E-state index contributed by atoms with van der Waals surface area (Å²) in [6.45, 7) is 2.47. The van der Waals surface area contributed by atoms with Gasteiger partial charge in [-0.05, 0) is 47.9 Å². The van der Waals surface area contributed by atoms with Crippen molar-refractivity contribution in [1.29, 1.82) is 0 Å². The highest BCUT2D eigenvalue weighted by molar-refractivity contribution is 5.63. The van der Waals surface area contributed by atoms with E-state index >= 15 is 0 Å². The molecule has 0 aromatic heterocycles. The minimum absolute atomic E-state index is 0.457. The van der Waals surface area contributed by atoms with Crippen LogP contribution < -0.4 is 5.73 Å². The maximum absolute atomic E-state index is 6.04. The molecular weight excluding hydrogens is 258 g/mol. The third kappa shape index (κ3) is 3.34. The molecule has 21 heavy (non-hydrogen) atoms. The van der Waals surface area contributed by atoms with Crippen LogP contribution in [0.15, 0.2) is 54.6 Å². The average Bonchev–Trinajstić information content (AvgIpc) is 2.58. The Labute approximate surface area is 126 Å². The van der Waals surface area contributed by atoms with Gasteiger partial charge in [0, 0.05) is 13.2 Å². The zero-order valence-electron chi connectivity index (χ0n) is 12.4. The first-order chi connectivity index (χ1) is 10.4. The van der Waals surface area contributed by atoms with Crippen LogP contribution in [0.1, 0.15) is 24.3 Å². The van der Waals surface area contributed by atoms with Crippen molar-refractivity contribution in [1.82, 2.24) is 0 Å². The van der Waals surface area contributed by atoms with E-state index in [1.807, 2.05) is 6.07 Å². The number of benzene rings is 2. The maximum Gasteiger partial charge on any atom is 0.0468 e. The van der Waals surface area contributed by atoms with Gasteiger partial charge in [0.15, 0.2) is 0 Å². The first-order valence-corrected chi connectivity index (χ1v) is 7.81. The predicted molar refractivity (Wildman–Crippen MR) is 87.2 cm³/mol. The zero-order valence-corrected chi connectivity index (χ0v) is 12.4. The summed E-state index contributed by atoms with van der Waals surface area (Å²) in [6.07, 6.45) is 2.25. The van der Waals surface area contributed by atoms with Gasteiger partial charge in [0.25, 0.3) is 0 Å². The molecule has 2 nitrogen and oxygen atoms in total. The number of rotatable bonds is 4. The van der Waals surface area contributed by atoms with Gasteiger partial charge in [-0.25, -0.2) is 0 Å². The van der Waals surface area contributed by atoms with Gasteiger partial charge in [0.1, 0.15) is 0 Å². The summed E-state index contributed by atoms with van der Waals surface area (Å²) >= 11 is 0. The Kier molecular flexibility index (Phi) is 4.69. The summed E-state index contributed by atoms with van der Waals surface area (Å²) in [5.74, 6) is 1.12. The molecule has 2 heteroatoms. The fraction of sp³-hybridized carbons (Fsp3) is 0.368. The largest absolute Gasteiger partial charge is 0.381 e. The van der Waals surface area contributed by atoms with E-state index in [9.17, 15) is 0 Å². The van der Waals surface area contributed by atoms with E-state index in [1.54, 1.807) is 0 Å². The van der Waals surface area contributed by atoms with Crippen LogP contribution in [0.5, 0.6) is 0 Å². The van der Waals surface area contributed by atoms with Gasteiger partial charge in [-0.2, -0.15) is 0 Å². The minimum atomic E-state index is 0.457. The Balaban J connectivity index is 1.79. The second kappa shape index (κ2) is 6.88. The molecule has 2 aromatic carbocycles. The third-order valence-electron chi connectivity index (χ3n) is 4.53. The van der Waals surface area contributed by atoms with Crippen LogP contribution >= 0.6 is 0 Å². The molecule has 2 aromatic rings. The van der Waals surface area contributed by atoms with Crippen molar-refractivity contribution in [2.45, 2.75) is 18.8 Å². The van der Waals surface area contributed by atoms with Crippen LogP contribution in [0.3, 0.4) is 0 Å². The molecule has 0 aliphatic carbocycles. The molecule has 0 saturated carbocycles. The molecule has 1 heterocycles. The van der Waals surface area contributed by atoms with Crippen LogP contribution in [0.25, 0.3) is 11.1 Å². The molecule has 1 unspecified atom stereocenters. The lowest BCUT2D eigenvalue weighted by atomic mass is 9.81. The highest BCUT2D eigenvalue weighted by atomic mass is 16.5. The van der Waals surface area contributed by atoms with Crippen LogP contribution in [0.4, 0.5) is 0 Å². The summed E-state index contributed by atoms with van der Waals surface area (Å²) in [7, 11) is 0. The van der Waals surface area contributed by atoms with E-state index in [4.69, 9.17) is 10.5 Å². The van der Waals surface area contributed by atoms with Crippen molar-refractivity contribution in [3.05, 3.63) is 60.2 Å². The second-order valence-corrected chi connectivity index (χ2v) is 5.78. The maximum atomic E-state index is 6.04. The second-order valence-electron chi connectivity index (χ2n) is 5.78. The first kappa shape index (κ1) is 14.3. The lowest BCUT2D eigenvalue weighted by Gasteiger charge is -2.30. The van der Waals surface area contributed by atoms with Crippen molar-refractivity contribution >= 4 is 0 Å². The van der Waals surface area contributed by atoms with Crippen LogP contribution in [-0.2, 0) is 4.74 Å². The molecule has 3 rings (SSSR count). The third-order valence-corrected chi connectivity index (χ3v) is 4.53. The lowest BCUT2D eigenvalue weighted by molar-refractivity contribution is 0.0586. The lowest BCUT2D eigenvalue weighted by Crippen LogP contribution is -2.27. The van der Waals surface area contributed by atoms with Gasteiger partial charge in [-0.15, -0.1) is 0 Å². The standard InChI is InChI=1S/C19H23NO/c20-14-19(18-10-12-21-13-11-18)17-8-6-16(7-9-17)15-4-2-1-3-5-15/h1-9,18-19H,10-14,20H2. The van der Waals surface area contributed by atoms with E-state index < -0.39 is 0 Å². The van der Waals surface area contributed by atoms with Crippen LogP contribution in [0, 0.1) is 5.92 Å². The fourth-order valence-electron chi connectivity index (χ4n) is 3.27. The molecule has 0 radical (unpaired) electrons. The van der Waals surface area contributed by atoms with Crippen molar-refractivity contribution < 1.29 is 4.74 Å². The quantitative estimate of drug-likeness (QED) is 0.924. The number of nitrogens with two attached hydrogens (primary N) is 1. The van der Waals surface area contributed by atoms with Gasteiger partial charge in [0.05, 0.1) is 0 Å². The normalized spacial score (nSPS) is 17.6. The predicted octanol–water partition coefficient (Wildman–Crippen LogP) is 3.82. The molecule has 110 valence electrons. The van der Waals surface area contributed by atoms with Crippen molar-refractivity contribution in [3.63, 3.8) is 0 Å². The molecule has 1 aliphatic rings. The van der Waals surface area contributed by atoms with E-state index in [0.29, 0.717) is 11.8 Å². The summed E-state index contributed by atoms with van der Waals surface area (Å²) < 4.78 is 5.47. The Morgan fingerprint density at radius 1 is 0.905 bits per heavy atom. The fourth-order valence-corrected chi connectivity index (χ4v) is 3.27. The van der Waals surface area contributed by atoms with Crippen LogP contribution in [-0.4, -0.2) is 19.8 Å². The molecule has 0 spiro atoms. The molecule has 1 fully saturated rings. The van der Waals surface area contributed by atoms with Gasteiger partial charge < -0.3 is 10.5 Å². The SMILES string of the molecule is NCC(c1ccc(-c2ccccc2)cc1)C1CCOCC1. The van der Waals surface area contributed by atoms with Crippen molar-refractivity contribution in [3.8, 4) is 11.1 Å². The number of ether oxygens (including phenoxy) is 1. The Morgan fingerprint density at radius 3 is 2.14 bits per heavy atom. The average molecular weight is 281 g/mol. The van der Waals surface area contributed by atoms with E-state index in [2.05, 4.69) is 48.5 Å². The van der Waals surface area contributed by atoms with E-state index in [0.717, 1.165) is 32.6 Å². The number of hydrogen-bond acceptors (Lipinski definition) is 2. The Hall–Kier alpha value is -1.64. The molecule has 0 bridgehead atoms. The minimum Gasteiger partial charge on any atom is -0.381 e. The van der Waals surface area contributed by atoms with Gasteiger partial charge >= 0.3 is 0 Å². The number of hydrogen-bond donors (Lipinski definition) is 1. The monoisotopic (exact) mass is 281 g/mol. The van der Waals surface area contributed by atoms with Crippen molar-refractivity contribution in [2.75, 3.05) is 19.8 Å². The summed E-state index contributed by atoms with van der Waals surface area (Å²) in [5.41, 5.74) is 9.94. The molecule has 2 N–H and O–H groups in total. The summed E-state index contributed by atoms with van der Waals surface area (Å²) in [4.78, 5) is 0. The van der Waals surface area contributed by atoms with Crippen LogP contribution in [0.2, 0.25) is 0 Å². The summed E-state index contributed by atoms with van der Waals surface area (Å²) in [5, 5.41) is 0. The molecule has 1 atom stereocenters. The topological polar surface area (TPSA) is 35.2 Å². The zero-order chi connectivity index (χ0) is 14.5. The van der Waals surface area contributed by atoms with E-state index in [1.165, 1.54) is 16.7 Å². The van der Waals surface area contributed by atoms with Gasteiger partial charge in [-0.1, -0.05) is 54.6 Å². The van der Waals surface area contributed by atoms with Crippen molar-refractivity contribution in [2.24, 2.45) is 11.7 Å². The van der Waals surface area contributed by atoms with E-state index in [-0.39, 0.29) is 0 Å². The van der Waals surface area contributed by atoms with Gasteiger partial charge in [0.2, 0.25) is 0 Å². The molecule has 1 aliphatic heterocycles.